The Kier molecular flexibility index (Phi) is 3.38. The number of amides is 1. The zero-order valence-corrected chi connectivity index (χ0v) is 14.5. The minimum atomic E-state index is 0.203. The van der Waals surface area contributed by atoms with Crippen molar-refractivity contribution in [1.29, 1.82) is 0 Å². The van der Waals surface area contributed by atoms with Crippen molar-refractivity contribution in [1.82, 2.24) is 19.3 Å². The van der Waals surface area contributed by atoms with Crippen molar-refractivity contribution in [2.45, 2.75) is 18.8 Å². The molecule has 5 nitrogen and oxygen atoms in total. The third kappa shape index (κ3) is 2.44. The fourth-order valence-electron chi connectivity index (χ4n) is 3.79. The molecule has 3 aromatic heterocycles. The molecule has 1 amide bonds. The Morgan fingerprint density at radius 2 is 2.28 bits per heavy atom. The zero-order chi connectivity index (χ0) is 16.8. The molecule has 5 rings (SSSR count). The van der Waals surface area contributed by atoms with Crippen LogP contribution in [-0.4, -0.2) is 38.3 Å². The molecule has 0 bridgehead atoms. The molecular formula is C19H18N4OS. The number of imidazole rings is 1. The minimum absolute atomic E-state index is 0.203. The van der Waals surface area contributed by atoms with E-state index in [2.05, 4.69) is 25.8 Å². The van der Waals surface area contributed by atoms with Gasteiger partial charge in [-0.3, -0.25) is 9.20 Å². The van der Waals surface area contributed by atoms with E-state index < -0.39 is 0 Å². The molecule has 4 heterocycles. The average molecular weight is 350 g/mol. The highest BCUT2D eigenvalue weighted by Gasteiger charge is 2.30. The normalized spacial score (nSPS) is 17.8. The van der Waals surface area contributed by atoms with Crippen LogP contribution in [0.5, 0.6) is 0 Å². The van der Waals surface area contributed by atoms with Gasteiger partial charge in [0.1, 0.15) is 11.2 Å². The topological polar surface area (TPSA) is 53.4 Å². The van der Waals surface area contributed by atoms with Crippen LogP contribution in [0.15, 0.2) is 48.4 Å². The Labute approximate surface area is 148 Å². The summed E-state index contributed by atoms with van der Waals surface area (Å²) in [5.74, 6) is 0.546. The maximum absolute atomic E-state index is 12.8. The summed E-state index contributed by atoms with van der Waals surface area (Å²) >= 11 is 1.72. The number of rotatable bonds is 3. The van der Waals surface area contributed by atoms with E-state index in [1.807, 2.05) is 41.8 Å². The molecule has 0 spiro atoms. The minimum Gasteiger partial charge on any atom is -0.361 e. The van der Waals surface area contributed by atoms with Gasteiger partial charge in [-0.2, -0.15) is 0 Å². The van der Waals surface area contributed by atoms with E-state index in [-0.39, 0.29) is 5.91 Å². The highest BCUT2D eigenvalue weighted by Crippen LogP contribution is 2.31. The molecule has 1 unspecified atom stereocenters. The quantitative estimate of drug-likeness (QED) is 0.615. The Morgan fingerprint density at radius 3 is 3.24 bits per heavy atom. The zero-order valence-electron chi connectivity index (χ0n) is 13.7. The van der Waals surface area contributed by atoms with Crippen molar-refractivity contribution in [3.63, 3.8) is 0 Å². The standard InChI is InChI=1S/C19H18N4OS/c24-17(9-14-10-20-16-4-2-1-3-15(14)16)22-6-5-13(11-22)18-19-23(12-21-18)7-8-25-19/h1-4,7-8,10,12-13,20H,5-6,9,11H2. The molecule has 0 aliphatic carbocycles. The van der Waals surface area contributed by atoms with Crippen LogP contribution in [0.2, 0.25) is 0 Å². The fourth-order valence-corrected chi connectivity index (χ4v) is 4.69. The maximum atomic E-state index is 12.8. The summed E-state index contributed by atoms with van der Waals surface area (Å²) in [6, 6.07) is 8.13. The van der Waals surface area contributed by atoms with Crippen molar-refractivity contribution in [3.05, 3.63) is 59.6 Å². The van der Waals surface area contributed by atoms with Gasteiger partial charge in [-0.1, -0.05) is 18.2 Å². The Hall–Kier alpha value is -2.60. The predicted molar refractivity (Wildman–Crippen MR) is 99.0 cm³/mol. The summed E-state index contributed by atoms with van der Waals surface area (Å²) in [6.45, 7) is 1.59. The monoisotopic (exact) mass is 350 g/mol. The van der Waals surface area contributed by atoms with Crippen LogP contribution in [0.25, 0.3) is 15.7 Å². The average Bonchev–Trinajstić information content (AvgIpc) is 3.38. The van der Waals surface area contributed by atoms with Gasteiger partial charge >= 0.3 is 0 Å². The van der Waals surface area contributed by atoms with Gasteiger partial charge in [0.15, 0.2) is 0 Å². The lowest BCUT2D eigenvalue weighted by Gasteiger charge is -2.16. The number of para-hydroxylation sites is 1. The van der Waals surface area contributed by atoms with E-state index in [0.717, 1.165) is 41.7 Å². The number of aromatic nitrogens is 3. The smallest absolute Gasteiger partial charge is 0.227 e. The van der Waals surface area contributed by atoms with Crippen LogP contribution in [0.3, 0.4) is 0 Å². The number of likely N-dealkylation sites (tertiary alicyclic amines) is 1. The molecule has 1 aromatic carbocycles. The Morgan fingerprint density at radius 1 is 1.36 bits per heavy atom. The van der Waals surface area contributed by atoms with E-state index in [1.54, 1.807) is 11.3 Å². The number of hydrogen-bond donors (Lipinski definition) is 1. The summed E-state index contributed by atoms with van der Waals surface area (Å²) in [6.07, 6.45) is 7.31. The van der Waals surface area contributed by atoms with Gasteiger partial charge in [0.2, 0.25) is 5.91 Å². The molecule has 1 aliphatic heterocycles. The van der Waals surface area contributed by atoms with Crippen molar-refractivity contribution in [2.75, 3.05) is 13.1 Å². The predicted octanol–water partition coefficient (Wildman–Crippen LogP) is 3.44. The second kappa shape index (κ2) is 5.74. The van der Waals surface area contributed by atoms with Crippen molar-refractivity contribution in [3.8, 4) is 0 Å². The van der Waals surface area contributed by atoms with Crippen LogP contribution in [0, 0.1) is 0 Å². The number of thiazole rings is 1. The first-order valence-corrected chi connectivity index (χ1v) is 9.40. The number of H-pyrrole nitrogens is 1. The van der Waals surface area contributed by atoms with Crippen molar-refractivity contribution < 1.29 is 4.79 Å². The van der Waals surface area contributed by atoms with Gasteiger partial charge in [0.05, 0.1) is 12.1 Å². The Balaban J connectivity index is 1.33. The largest absolute Gasteiger partial charge is 0.361 e. The first-order valence-electron chi connectivity index (χ1n) is 8.52. The van der Waals surface area contributed by atoms with Crippen LogP contribution >= 0.6 is 11.3 Å². The molecule has 4 aromatic rings. The van der Waals surface area contributed by atoms with Crippen LogP contribution < -0.4 is 0 Å². The number of carbonyl (C=O) groups is 1. The summed E-state index contributed by atoms with van der Waals surface area (Å²) in [7, 11) is 0. The summed E-state index contributed by atoms with van der Waals surface area (Å²) in [4.78, 5) is 23.8. The number of carbonyl (C=O) groups excluding carboxylic acids is 1. The highest BCUT2D eigenvalue weighted by atomic mass is 32.1. The maximum Gasteiger partial charge on any atom is 0.227 e. The second-order valence-corrected chi connectivity index (χ2v) is 7.50. The fraction of sp³-hybridized carbons (Fsp3) is 0.263. The number of fused-ring (bicyclic) bond motifs is 2. The van der Waals surface area contributed by atoms with E-state index in [0.29, 0.717) is 12.3 Å². The lowest BCUT2D eigenvalue weighted by molar-refractivity contribution is -0.129. The third-order valence-electron chi connectivity index (χ3n) is 5.12. The Bertz CT molecular complexity index is 1060. The molecule has 25 heavy (non-hydrogen) atoms. The number of nitrogens with one attached hydrogen (secondary N) is 1. The molecule has 126 valence electrons. The highest BCUT2D eigenvalue weighted by molar-refractivity contribution is 7.15. The van der Waals surface area contributed by atoms with E-state index >= 15 is 0 Å². The molecule has 1 aliphatic rings. The number of hydrogen-bond acceptors (Lipinski definition) is 3. The SMILES string of the molecule is O=C(Cc1c[nH]c2ccccc12)N1CCC(c2ncn3ccsc23)C1. The number of benzene rings is 1. The molecule has 0 saturated carbocycles. The van der Waals surface area contributed by atoms with Crippen molar-refractivity contribution in [2.24, 2.45) is 0 Å². The summed E-state index contributed by atoms with van der Waals surface area (Å²) < 4.78 is 2.07. The van der Waals surface area contributed by atoms with Gasteiger partial charge in [-0.05, 0) is 18.1 Å². The van der Waals surface area contributed by atoms with Gasteiger partial charge in [0, 0.05) is 47.7 Å². The second-order valence-electron chi connectivity index (χ2n) is 6.61. The third-order valence-corrected chi connectivity index (χ3v) is 6.02. The summed E-state index contributed by atoms with van der Waals surface area (Å²) in [5.41, 5.74) is 3.30. The van der Waals surface area contributed by atoms with E-state index in [4.69, 9.17) is 0 Å². The first kappa shape index (κ1) is 14.7. The molecule has 1 N–H and O–H groups in total. The van der Waals surface area contributed by atoms with Gasteiger partial charge in [-0.15, -0.1) is 11.3 Å². The van der Waals surface area contributed by atoms with Gasteiger partial charge in [-0.25, -0.2) is 4.98 Å². The lowest BCUT2D eigenvalue weighted by atomic mass is 10.1. The van der Waals surface area contributed by atoms with Crippen LogP contribution in [0.1, 0.15) is 23.6 Å². The van der Waals surface area contributed by atoms with Gasteiger partial charge < -0.3 is 9.88 Å². The van der Waals surface area contributed by atoms with Crippen molar-refractivity contribution >= 4 is 33.0 Å². The number of aromatic amines is 1. The molecule has 6 heteroatoms. The number of nitrogens with zero attached hydrogens (tertiary/aromatic N) is 3. The lowest BCUT2D eigenvalue weighted by Crippen LogP contribution is -2.29. The molecule has 1 fully saturated rings. The van der Waals surface area contributed by atoms with Gasteiger partial charge in [0.25, 0.3) is 0 Å². The molecule has 1 saturated heterocycles. The molecule has 0 radical (unpaired) electrons. The molecular weight excluding hydrogens is 332 g/mol. The van der Waals surface area contributed by atoms with E-state index in [1.165, 1.54) is 4.83 Å². The first-order chi connectivity index (χ1) is 12.3. The van der Waals surface area contributed by atoms with Crippen LogP contribution in [-0.2, 0) is 11.2 Å². The van der Waals surface area contributed by atoms with E-state index in [9.17, 15) is 4.79 Å². The summed E-state index contributed by atoms with van der Waals surface area (Å²) in [5, 5.41) is 3.22. The molecule has 1 atom stereocenters. The van der Waals surface area contributed by atoms with Crippen LogP contribution in [0.4, 0.5) is 0 Å².